The Kier molecular flexibility index (Phi) is 4.45. The number of halogens is 2. The molecule has 1 rings (SSSR count). The van der Waals surface area contributed by atoms with Gasteiger partial charge in [-0.05, 0) is 24.6 Å². The molecule has 0 aromatic heterocycles. The smallest absolute Gasteiger partial charge is 0.319 e. The molecule has 1 aromatic carbocycles. The van der Waals surface area contributed by atoms with Crippen molar-refractivity contribution in [3.05, 3.63) is 34.1 Å². The molecule has 18 heavy (non-hydrogen) atoms. The summed E-state index contributed by atoms with van der Waals surface area (Å²) in [6, 6.07) is 4.30. The topological polar surface area (TPSA) is 66.4 Å². The van der Waals surface area contributed by atoms with Crippen molar-refractivity contribution in [2.24, 2.45) is 5.41 Å². The lowest BCUT2D eigenvalue weighted by molar-refractivity contribution is -0.154. The van der Waals surface area contributed by atoms with Crippen LogP contribution in [0.4, 0.5) is 4.39 Å². The van der Waals surface area contributed by atoms with Crippen molar-refractivity contribution in [3.8, 4) is 0 Å². The quantitative estimate of drug-likeness (QED) is 0.834. The third-order valence-electron chi connectivity index (χ3n) is 2.76. The normalized spacial score (nSPS) is 13.8. The Morgan fingerprint density at radius 3 is 2.56 bits per heavy atom. The summed E-state index contributed by atoms with van der Waals surface area (Å²) in [5, 5.41) is 11.4. The van der Waals surface area contributed by atoms with Gasteiger partial charge in [0.05, 0.1) is 0 Å². The monoisotopic (exact) mass is 317 g/mol. The number of amides is 1. The molecule has 0 saturated carbocycles. The number of carbonyl (C=O) groups excluding carboxylic acids is 1. The molecule has 1 unspecified atom stereocenters. The molecule has 0 fully saturated rings. The average Bonchev–Trinajstić information content (AvgIpc) is 2.31. The molecule has 2 N–H and O–H groups in total. The van der Waals surface area contributed by atoms with Gasteiger partial charge in [0.2, 0.25) is 5.91 Å². The van der Waals surface area contributed by atoms with E-state index in [1.165, 1.54) is 26.1 Å². The van der Waals surface area contributed by atoms with Gasteiger partial charge in [-0.25, -0.2) is 4.39 Å². The van der Waals surface area contributed by atoms with Gasteiger partial charge >= 0.3 is 5.97 Å². The third kappa shape index (κ3) is 2.87. The maximum Gasteiger partial charge on any atom is 0.319 e. The van der Waals surface area contributed by atoms with Crippen LogP contribution in [-0.4, -0.2) is 24.0 Å². The Morgan fingerprint density at radius 2 is 2.11 bits per heavy atom. The van der Waals surface area contributed by atoms with E-state index in [2.05, 4.69) is 21.2 Å². The van der Waals surface area contributed by atoms with Crippen LogP contribution in [0, 0.1) is 11.2 Å². The molecule has 0 bridgehead atoms. The minimum absolute atomic E-state index is 0.187. The van der Waals surface area contributed by atoms with Crippen LogP contribution in [0.2, 0.25) is 0 Å². The van der Waals surface area contributed by atoms with E-state index in [4.69, 9.17) is 5.11 Å². The predicted octanol–water partition coefficient (Wildman–Crippen LogP) is 1.97. The number of hydrogen-bond acceptors (Lipinski definition) is 2. The Balaban J connectivity index is 3.12. The van der Waals surface area contributed by atoms with Gasteiger partial charge in [0.15, 0.2) is 0 Å². The number of hydrogen-bond donors (Lipinski definition) is 2. The van der Waals surface area contributed by atoms with Crippen molar-refractivity contribution in [2.75, 3.05) is 7.05 Å². The Hall–Kier alpha value is -1.43. The number of aliphatic carboxylic acids is 1. The zero-order valence-corrected chi connectivity index (χ0v) is 11.5. The molecule has 0 spiro atoms. The van der Waals surface area contributed by atoms with Gasteiger partial charge in [0.25, 0.3) is 0 Å². The fraction of sp³-hybridized carbons (Fsp3) is 0.333. The van der Waals surface area contributed by atoms with Gasteiger partial charge in [0, 0.05) is 17.9 Å². The van der Waals surface area contributed by atoms with Crippen molar-refractivity contribution < 1.29 is 19.1 Å². The summed E-state index contributed by atoms with van der Waals surface area (Å²) in [7, 11) is 1.35. The van der Waals surface area contributed by atoms with Crippen LogP contribution in [0.1, 0.15) is 12.5 Å². The first-order valence-corrected chi connectivity index (χ1v) is 6.00. The van der Waals surface area contributed by atoms with Crippen molar-refractivity contribution in [1.29, 1.82) is 0 Å². The summed E-state index contributed by atoms with van der Waals surface area (Å²) < 4.78 is 14.2. The van der Waals surface area contributed by atoms with Crippen LogP contribution in [-0.2, 0) is 16.0 Å². The number of rotatable bonds is 4. The molecule has 0 saturated heterocycles. The molecule has 6 heteroatoms. The summed E-state index contributed by atoms with van der Waals surface area (Å²) in [6.07, 6.45) is -0.207. The average molecular weight is 318 g/mol. The molecular formula is C12H13BrFNO3. The molecule has 0 heterocycles. The maximum absolute atomic E-state index is 13.7. The van der Waals surface area contributed by atoms with E-state index >= 15 is 0 Å². The highest BCUT2D eigenvalue weighted by Gasteiger charge is 2.41. The van der Waals surface area contributed by atoms with E-state index in [0.717, 1.165) is 0 Å². The van der Waals surface area contributed by atoms with Crippen molar-refractivity contribution in [1.82, 2.24) is 5.32 Å². The van der Waals surface area contributed by atoms with Gasteiger partial charge in [-0.1, -0.05) is 22.0 Å². The largest absolute Gasteiger partial charge is 0.480 e. The van der Waals surface area contributed by atoms with Gasteiger partial charge in [0.1, 0.15) is 11.2 Å². The highest BCUT2D eigenvalue weighted by atomic mass is 79.9. The number of carboxylic acid groups (broad SMARTS) is 1. The second-order valence-corrected chi connectivity index (χ2v) is 5.04. The van der Waals surface area contributed by atoms with E-state index in [0.29, 0.717) is 4.47 Å². The summed E-state index contributed by atoms with van der Waals surface area (Å²) in [6.45, 7) is 1.27. The molecule has 0 aliphatic carbocycles. The summed E-state index contributed by atoms with van der Waals surface area (Å²) in [5.74, 6) is -2.48. The predicted molar refractivity (Wildman–Crippen MR) is 67.6 cm³/mol. The van der Waals surface area contributed by atoms with Crippen LogP contribution in [0.15, 0.2) is 22.7 Å². The van der Waals surface area contributed by atoms with E-state index < -0.39 is 23.1 Å². The first-order valence-electron chi connectivity index (χ1n) is 5.20. The first-order chi connectivity index (χ1) is 8.31. The standard InChI is InChI=1S/C12H13BrFNO3/c1-12(11(17)18,10(16)15-2)6-7-3-4-8(13)5-9(7)14/h3-5H,6H2,1-2H3,(H,15,16)(H,17,18). The zero-order chi connectivity index (χ0) is 13.9. The SMILES string of the molecule is CNC(=O)C(C)(Cc1ccc(Br)cc1F)C(=O)O. The summed E-state index contributed by atoms with van der Waals surface area (Å²) in [4.78, 5) is 22.8. The number of carbonyl (C=O) groups is 2. The van der Waals surface area contributed by atoms with Crippen molar-refractivity contribution >= 4 is 27.8 Å². The fourth-order valence-electron chi connectivity index (χ4n) is 1.57. The second kappa shape index (κ2) is 5.48. The molecule has 0 aliphatic rings. The van der Waals surface area contributed by atoms with Crippen molar-refractivity contribution in [3.63, 3.8) is 0 Å². The number of carboxylic acids is 1. The third-order valence-corrected chi connectivity index (χ3v) is 3.25. The minimum atomic E-state index is -1.69. The Morgan fingerprint density at radius 1 is 1.50 bits per heavy atom. The van der Waals surface area contributed by atoms with Gasteiger partial charge in [-0.15, -0.1) is 0 Å². The molecule has 98 valence electrons. The zero-order valence-electron chi connectivity index (χ0n) is 9.96. The number of benzene rings is 1. The summed E-state index contributed by atoms with van der Waals surface area (Å²) >= 11 is 3.11. The Labute approximate surface area is 112 Å². The maximum atomic E-state index is 13.7. The first kappa shape index (κ1) is 14.6. The molecule has 0 radical (unpaired) electrons. The highest BCUT2D eigenvalue weighted by molar-refractivity contribution is 9.10. The van der Waals surface area contributed by atoms with Gasteiger partial charge in [-0.3, -0.25) is 9.59 Å². The van der Waals surface area contributed by atoms with E-state index in [1.807, 2.05) is 0 Å². The molecule has 0 aliphatic heterocycles. The van der Waals surface area contributed by atoms with Crippen LogP contribution >= 0.6 is 15.9 Å². The lowest BCUT2D eigenvalue weighted by Crippen LogP contribution is -2.44. The highest BCUT2D eigenvalue weighted by Crippen LogP contribution is 2.26. The minimum Gasteiger partial charge on any atom is -0.480 e. The van der Waals surface area contributed by atoms with Crippen LogP contribution in [0.3, 0.4) is 0 Å². The van der Waals surface area contributed by atoms with E-state index in [1.54, 1.807) is 6.07 Å². The molecule has 1 atom stereocenters. The molecule has 1 amide bonds. The second-order valence-electron chi connectivity index (χ2n) is 4.13. The Bertz CT molecular complexity index is 492. The summed E-state index contributed by atoms with van der Waals surface area (Å²) in [5.41, 5.74) is -1.50. The van der Waals surface area contributed by atoms with Gasteiger partial charge in [-0.2, -0.15) is 0 Å². The van der Waals surface area contributed by atoms with Crippen LogP contribution < -0.4 is 5.32 Å². The molecule has 1 aromatic rings. The van der Waals surface area contributed by atoms with Gasteiger partial charge < -0.3 is 10.4 Å². The van der Waals surface area contributed by atoms with E-state index in [-0.39, 0.29) is 12.0 Å². The number of nitrogens with one attached hydrogen (secondary N) is 1. The van der Waals surface area contributed by atoms with Crippen LogP contribution in [0.5, 0.6) is 0 Å². The molecular weight excluding hydrogens is 305 g/mol. The van der Waals surface area contributed by atoms with Crippen LogP contribution in [0.25, 0.3) is 0 Å². The lowest BCUT2D eigenvalue weighted by atomic mass is 9.82. The fourth-order valence-corrected chi connectivity index (χ4v) is 1.91. The lowest BCUT2D eigenvalue weighted by Gasteiger charge is -2.23. The van der Waals surface area contributed by atoms with Crippen molar-refractivity contribution in [2.45, 2.75) is 13.3 Å². The van der Waals surface area contributed by atoms with E-state index in [9.17, 15) is 14.0 Å². The molecule has 4 nitrogen and oxygen atoms in total.